The van der Waals surface area contributed by atoms with Crippen LogP contribution in [-0.4, -0.2) is 27.5 Å². The molecule has 0 fully saturated rings. The number of hydrogen-bond donors (Lipinski definition) is 2. The molecule has 0 aliphatic rings. The van der Waals surface area contributed by atoms with Gasteiger partial charge in [0.05, 0.1) is 0 Å². The minimum atomic E-state index is -3.89. The summed E-state index contributed by atoms with van der Waals surface area (Å²) in [6, 6.07) is 4.54. The van der Waals surface area contributed by atoms with Gasteiger partial charge in [0.1, 0.15) is 10.6 Å². The Kier molecular flexibility index (Phi) is 5.08. The van der Waals surface area contributed by atoms with Crippen LogP contribution in [0.15, 0.2) is 35.7 Å². The lowest BCUT2D eigenvalue weighted by atomic mass is 10.2. The van der Waals surface area contributed by atoms with Gasteiger partial charge in [-0.25, -0.2) is 13.6 Å². The van der Waals surface area contributed by atoms with Crippen LogP contribution < -0.4 is 15.2 Å². The molecule has 1 amide bonds. The molecule has 0 radical (unpaired) electrons. The minimum Gasteiger partial charge on any atom is -0.482 e. The van der Waals surface area contributed by atoms with Crippen molar-refractivity contribution in [3.8, 4) is 5.75 Å². The smallest absolute Gasteiger partial charge is 0.258 e. The summed E-state index contributed by atoms with van der Waals surface area (Å²) in [5, 5.41) is 7.60. The Morgan fingerprint density at radius 2 is 2.21 bits per heavy atom. The molecule has 1 aromatic carbocycles. The van der Waals surface area contributed by atoms with Crippen molar-refractivity contribution >= 4 is 15.9 Å². The monoisotopic (exact) mass is 284 g/mol. The van der Waals surface area contributed by atoms with Crippen molar-refractivity contribution in [3.05, 3.63) is 36.4 Å². The number of carbonyl (C=O) groups excluding carboxylic acids is 1. The van der Waals surface area contributed by atoms with Gasteiger partial charge in [0, 0.05) is 6.54 Å². The molecule has 0 aromatic heterocycles. The van der Waals surface area contributed by atoms with Crippen LogP contribution in [0.25, 0.3) is 0 Å². The first-order valence-corrected chi connectivity index (χ1v) is 7.03. The third-order valence-corrected chi connectivity index (χ3v) is 3.14. The molecule has 3 N–H and O–H groups in total. The molecule has 0 saturated carbocycles. The number of ether oxygens (including phenoxy) is 1. The molecule has 0 heterocycles. The zero-order valence-electron chi connectivity index (χ0n) is 10.5. The summed E-state index contributed by atoms with van der Waals surface area (Å²) in [6.45, 7) is 5.21. The summed E-state index contributed by atoms with van der Waals surface area (Å²) in [5.41, 5.74) is 0.729. The quantitative estimate of drug-likeness (QED) is 0.735. The molecule has 0 atom stereocenters. The molecule has 6 nitrogen and oxygen atoms in total. The van der Waals surface area contributed by atoms with E-state index in [0.29, 0.717) is 6.54 Å². The van der Waals surface area contributed by atoms with Crippen LogP contribution in [0.4, 0.5) is 0 Å². The first-order valence-electron chi connectivity index (χ1n) is 5.48. The van der Waals surface area contributed by atoms with Crippen molar-refractivity contribution in [2.45, 2.75) is 11.8 Å². The molecule has 0 saturated heterocycles. The number of hydrogen-bond acceptors (Lipinski definition) is 4. The summed E-state index contributed by atoms with van der Waals surface area (Å²) >= 11 is 0. The van der Waals surface area contributed by atoms with E-state index in [9.17, 15) is 13.2 Å². The minimum absolute atomic E-state index is 0.0573. The predicted octanol–water partition coefficient (Wildman–Crippen LogP) is 0.323. The summed E-state index contributed by atoms with van der Waals surface area (Å²) in [4.78, 5) is 11.2. The predicted molar refractivity (Wildman–Crippen MR) is 71.3 cm³/mol. The van der Waals surface area contributed by atoms with Crippen LogP contribution in [0, 0.1) is 6.92 Å². The van der Waals surface area contributed by atoms with Crippen LogP contribution in [-0.2, 0) is 14.8 Å². The number of benzene rings is 1. The average Bonchev–Trinajstić information content (AvgIpc) is 2.33. The highest BCUT2D eigenvalue weighted by Gasteiger charge is 2.16. The lowest BCUT2D eigenvalue weighted by Gasteiger charge is -2.10. The van der Waals surface area contributed by atoms with Gasteiger partial charge in [-0.2, -0.15) is 0 Å². The molecule has 0 bridgehead atoms. The maximum absolute atomic E-state index is 11.4. The standard InChI is InChI=1S/C12H16N2O4S/c1-3-6-14-12(15)8-18-10-5-4-9(2)7-11(10)19(13,16)17/h3-5,7H,1,6,8H2,2H3,(H,14,15)(H2,13,16,17). The average molecular weight is 284 g/mol. The van der Waals surface area contributed by atoms with E-state index in [0.717, 1.165) is 5.56 Å². The molecule has 7 heteroatoms. The number of primary sulfonamides is 1. The van der Waals surface area contributed by atoms with Gasteiger partial charge in [0.2, 0.25) is 10.0 Å². The van der Waals surface area contributed by atoms with Gasteiger partial charge < -0.3 is 10.1 Å². The second kappa shape index (κ2) is 6.35. The fourth-order valence-electron chi connectivity index (χ4n) is 1.34. The summed E-state index contributed by atoms with van der Waals surface area (Å²) in [7, 11) is -3.89. The number of sulfonamides is 1. The lowest BCUT2D eigenvalue weighted by molar-refractivity contribution is -0.122. The summed E-state index contributed by atoms with van der Waals surface area (Å²) in [5.74, 6) is -0.317. The molecule has 0 aliphatic heterocycles. The van der Waals surface area contributed by atoms with E-state index in [1.165, 1.54) is 18.2 Å². The van der Waals surface area contributed by atoms with E-state index in [-0.39, 0.29) is 23.2 Å². The van der Waals surface area contributed by atoms with Gasteiger partial charge in [-0.3, -0.25) is 4.79 Å². The number of nitrogens with one attached hydrogen (secondary N) is 1. The Morgan fingerprint density at radius 3 is 2.79 bits per heavy atom. The van der Waals surface area contributed by atoms with E-state index in [4.69, 9.17) is 9.88 Å². The molecular weight excluding hydrogens is 268 g/mol. The molecule has 0 spiro atoms. The third-order valence-electron chi connectivity index (χ3n) is 2.21. The third kappa shape index (κ3) is 4.72. The lowest BCUT2D eigenvalue weighted by Crippen LogP contribution is -2.29. The van der Waals surface area contributed by atoms with Crippen LogP contribution in [0.3, 0.4) is 0 Å². The molecular formula is C12H16N2O4S. The summed E-state index contributed by atoms with van der Waals surface area (Å²) < 4.78 is 28.0. The molecule has 1 rings (SSSR count). The zero-order chi connectivity index (χ0) is 14.5. The second-order valence-corrected chi connectivity index (χ2v) is 5.41. The highest BCUT2D eigenvalue weighted by atomic mass is 32.2. The molecule has 0 unspecified atom stereocenters. The van der Waals surface area contributed by atoms with Crippen LogP contribution in [0.5, 0.6) is 5.75 Å². The van der Waals surface area contributed by atoms with Crippen molar-refractivity contribution < 1.29 is 17.9 Å². The fraction of sp³-hybridized carbons (Fsp3) is 0.250. The van der Waals surface area contributed by atoms with E-state index in [1.807, 2.05) is 0 Å². The SMILES string of the molecule is C=CCNC(=O)COc1ccc(C)cc1S(N)(=O)=O. The maximum Gasteiger partial charge on any atom is 0.258 e. The molecule has 104 valence electrons. The first-order chi connectivity index (χ1) is 8.84. The maximum atomic E-state index is 11.4. The van der Waals surface area contributed by atoms with Crippen molar-refractivity contribution in [3.63, 3.8) is 0 Å². The Bertz CT molecular complexity index is 581. The van der Waals surface area contributed by atoms with E-state index < -0.39 is 10.0 Å². The van der Waals surface area contributed by atoms with E-state index >= 15 is 0 Å². The highest BCUT2D eigenvalue weighted by Crippen LogP contribution is 2.23. The number of nitrogens with two attached hydrogens (primary N) is 1. The fourth-order valence-corrected chi connectivity index (χ4v) is 2.09. The van der Waals surface area contributed by atoms with Crippen molar-refractivity contribution in [2.24, 2.45) is 5.14 Å². The number of amides is 1. The van der Waals surface area contributed by atoms with Crippen molar-refractivity contribution in [1.82, 2.24) is 5.32 Å². The number of aryl methyl sites for hydroxylation is 1. The molecule has 19 heavy (non-hydrogen) atoms. The largest absolute Gasteiger partial charge is 0.482 e. The van der Waals surface area contributed by atoms with Crippen LogP contribution >= 0.6 is 0 Å². The number of carbonyl (C=O) groups is 1. The highest BCUT2D eigenvalue weighted by molar-refractivity contribution is 7.89. The van der Waals surface area contributed by atoms with Crippen LogP contribution in [0.2, 0.25) is 0 Å². The normalized spacial score (nSPS) is 10.8. The molecule has 1 aromatic rings. The van der Waals surface area contributed by atoms with Gasteiger partial charge in [0.25, 0.3) is 5.91 Å². The first kappa shape index (κ1) is 15.2. The molecule has 0 aliphatic carbocycles. The van der Waals surface area contributed by atoms with E-state index in [2.05, 4.69) is 11.9 Å². The van der Waals surface area contributed by atoms with Crippen LogP contribution in [0.1, 0.15) is 5.56 Å². The van der Waals surface area contributed by atoms with Gasteiger partial charge in [0.15, 0.2) is 6.61 Å². The zero-order valence-corrected chi connectivity index (χ0v) is 11.4. The van der Waals surface area contributed by atoms with Crippen molar-refractivity contribution in [1.29, 1.82) is 0 Å². The Balaban J connectivity index is 2.84. The topological polar surface area (TPSA) is 98.5 Å². The summed E-state index contributed by atoms with van der Waals surface area (Å²) in [6.07, 6.45) is 1.53. The van der Waals surface area contributed by atoms with Gasteiger partial charge in [-0.05, 0) is 24.6 Å². The second-order valence-electron chi connectivity index (χ2n) is 3.88. The van der Waals surface area contributed by atoms with E-state index in [1.54, 1.807) is 13.0 Å². The number of rotatable bonds is 6. The van der Waals surface area contributed by atoms with Gasteiger partial charge >= 0.3 is 0 Å². The van der Waals surface area contributed by atoms with Gasteiger partial charge in [-0.1, -0.05) is 12.1 Å². The Labute approximate surface area is 112 Å². The Hall–Kier alpha value is -1.86. The van der Waals surface area contributed by atoms with Gasteiger partial charge in [-0.15, -0.1) is 6.58 Å². The van der Waals surface area contributed by atoms with Crippen molar-refractivity contribution in [2.75, 3.05) is 13.2 Å². The Morgan fingerprint density at radius 1 is 1.53 bits per heavy atom.